The molecule has 5 nitrogen and oxygen atoms in total. The highest BCUT2D eigenvalue weighted by Gasteiger charge is 2.34. The van der Waals surface area contributed by atoms with Crippen molar-refractivity contribution >= 4 is 11.7 Å². The van der Waals surface area contributed by atoms with Crippen LogP contribution in [0.15, 0.2) is 36.9 Å². The number of nitrogens with zero attached hydrogens (tertiary/aromatic N) is 3. The first-order valence-electron chi connectivity index (χ1n) is 5.08. The maximum atomic E-state index is 12.7. The minimum atomic E-state index is -4.60. The van der Waals surface area contributed by atoms with E-state index in [-0.39, 0.29) is 5.69 Å². The van der Waals surface area contributed by atoms with Crippen LogP contribution >= 0.6 is 0 Å². The van der Waals surface area contributed by atoms with E-state index >= 15 is 0 Å². The van der Waals surface area contributed by atoms with Crippen molar-refractivity contribution in [1.82, 2.24) is 15.0 Å². The van der Waals surface area contributed by atoms with Crippen LogP contribution in [0.5, 0.6) is 0 Å². The van der Waals surface area contributed by atoms with E-state index in [1.54, 1.807) is 0 Å². The molecule has 2 rings (SSSR count). The van der Waals surface area contributed by atoms with Gasteiger partial charge in [-0.15, -0.1) is 0 Å². The van der Waals surface area contributed by atoms with Gasteiger partial charge < -0.3 is 5.32 Å². The predicted octanol–water partition coefficient (Wildman–Crippen LogP) is 2.14. The summed E-state index contributed by atoms with van der Waals surface area (Å²) >= 11 is 0. The number of hydrogen-bond donors (Lipinski definition) is 1. The molecule has 0 aliphatic carbocycles. The van der Waals surface area contributed by atoms with Crippen LogP contribution in [0.2, 0.25) is 0 Å². The fraction of sp³-hybridized carbons (Fsp3) is 0.0909. The van der Waals surface area contributed by atoms with Crippen LogP contribution in [-0.2, 0) is 6.18 Å². The highest BCUT2D eigenvalue weighted by Crippen LogP contribution is 2.33. The molecule has 0 saturated carbocycles. The number of anilines is 1. The largest absolute Gasteiger partial charge is 0.419 e. The summed E-state index contributed by atoms with van der Waals surface area (Å²) in [4.78, 5) is 22.5. The van der Waals surface area contributed by atoms with Gasteiger partial charge in [0.1, 0.15) is 11.5 Å². The fourth-order valence-electron chi connectivity index (χ4n) is 1.32. The van der Waals surface area contributed by atoms with Gasteiger partial charge >= 0.3 is 6.18 Å². The highest BCUT2D eigenvalue weighted by atomic mass is 19.4. The summed E-state index contributed by atoms with van der Waals surface area (Å²) in [5.41, 5.74) is -1.12. The highest BCUT2D eigenvalue weighted by molar-refractivity contribution is 6.02. The molecular weight excluding hydrogens is 261 g/mol. The van der Waals surface area contributed by atoms with Crippen LogP contribution in [0.3, 0.4) is 0 Å². The molecule has 0 atom stereocenters. The third kappa shape index (κ3) is 3.03. The van der Waals surface area contributed by atoms with E-state index in [2.05, 4.69) is 20.3 Å². The molecule has 1 amide bonds. The molecule has 0 spiro atoms. The van der Waals surface area contributed by atoms with E-state index in [1.165, 1.54) is 12.4 Å². The second kappa shape index (κ2) is 5.01. The molecule has 0 radical (unpaired) electrons. The first-order valence-corrected chi connectivity index (χ1v) is 5.08. The van der Waals surface area contributed by atoms with E-state index in [4.69, 9.17) is 0 Å². The Morgan fingerprint density at radius 1 is 1.16 bits per heavy atom. The van der Waals surface area contributed by atoms with E-state index in [9.17, 15) is 18.0 Å². The lowest BCUT2D eigenvalue weighted by atomic mass is 10.2. The zero-order chi connectivity index (χ0) is 13.9. The molecule has 0 bridgehead atoms. The molecule has 0 aliphatic rings. The van der Waals surface area contributed by atoms with Gasteiger partial charge in [0.15, 0.2) is 0 Å². The van der Waals surface area contributed by atoms with Gasteiger partial charge in [0.05, 0.1) is 11.8 Å². The number of rotatable bonds is 2. The first-order chi connectivity index (χ1) is 8.98. The number of hydrogen-bond acceptors (Lipinski definition) is 4. The van der Waals surface area contributed by atoms with Gasteiger partial charge in [0, 0.05) is 18.6 Å². The molecule has 0 unspecified atom stereocenters. The summed E-state index contributed by atoms with van der Waals surface area (Å²) in [7, 11) is 0. The Hall–Kier alpha value is -2.51. The molecule has 2 aromatic heterocycles. The van der Waals surface area contributed by atoms with Gasteiger partial charge in [-0.2, -0.15) is 13.2 Å². The van der Waals surface area contributed by atoms with E-state index < -0.39 is 23.5 Å². The molecule has 0 saturated heterocycles. The van der Waals surface area contributed by atoms with Gasteiger partial charge in [-0.05, 0) is 12.1 Å². The number of halogens is 3. The van der Waals surface area contributed by atoms with Crippen LogP contribution in [-0.4, -0.2) is 20.9 Å². The van der Waals surface area contributed by atoms with E-state index in [0.29, 0.717) is 0 Å². The van der Waals surface area contributed by atoms with Gasteiger partial charge in [-0.25, -0.2) is 9.97 Å². The third-order valence-electron chi connectivity index (χ3n) is 2.14. The molecular formula is C11H7F3N4O. The average Bonchev–Trinajstić information content (AvgIpc) is 2.39. The van der Waals surface area contributed by atoms with E-state index in [1.807, 2.05) is 0 Å². The molecule has 19 heavy (non-hydrogen) atoms. The fourth-order valence-corrected chi connectivity index (χ4v) is 1.32. The van der Waals surface area contributed by atoms with Crippen molar-refractivity contribution < 1.29 is 18.0 Å². The number of aromatic nitrogens is 3. The van der Waals surface area contributed by atoms with Crippen molar-refractivity contribution in [3.05, 3.63) is 48.2 Å². The lowest BCUT2D eigenvalue weighted by Crippen LogP contribution is -2.18. The summed E-state index contributed by atoms with van der Waals surface area (Å²) < 4.78 is 38.0. The van der Waals surface area contributed by atoms with Gasteiger partial charge in [-0.1, -0.05) is 0 Å². The quantitative estimate of drug-likeness (QED) is 0.906. The van der Waals surface area contributed by atoms with Gasteiger partial charge in [-0.3, -0.25) is 9.78 Å². The summed E-state index contributed by atoms with van der Waals surface area (Å²) in [6.45, 7) is 0. The maximum absolute atomic E-state index is 12.7. The lowest BCUT2D eigenvalue weighted by Gasteiger charge is -2.11. The molecule has 1 N–H and O–H groups in total. The smallest absolute Gasteiger partial charge is 0.305 e. The second-order valence-corrected chi connectivity index (χ2v) is 3.44. The van der Waals surface area contributed by atoms with Crippen molar-refractivity contribution in [3.8, 4) is 0 Å². The molecule has 98 valence electrons. The molecule has 2 aromatic rings. The SMILES string of the molecule is O=C(Nc1ncccc1C(F)(F)F)c1cnccn1. The summed E-state index contributed by atoms with van der Waals surface area (Å²) in [6.07, 6.45) is 0.309. The van der Waals surface area contributed by atoms with Crippen molar-refractivity contribution in [3.63, 3.8) is 0 Å². The van der Waals surface area contributed by atoms with Crippen LogP contribution < -0.4 is 5.32 Å². The van der Waals surface area contributed by atoms with Gasteiger partial charge in [0.2, 0.25) is 0 Å². The van der Waals surface area contributed by atoms with Crippen LogP contribution in [0, 0.1) is 0 Å². The summed E-state index contributed by atoms with van der Waals surface area (Å²) in [5, 5.41) is 2.06. The third-order valence-corrected chi connectivity index (χ3v) is 2.14. The number of alkyl halides is 3. The number of pyridine rings is 1. The Balaban J connectivity index is 2.28. The zero-order valence-corrected chi connectivity index (χ0v) is 9.35. The van der Waals surface area contributed by atoms with Crippen LogP contribution in [0.4, 0.5) is 19.0 Å². The normalized spacial score (nSPS) is 11.1. The summed E-state index contributed by atoms with van der Waals surface area (Å²) in [5.74, 6) is -1.37. The average molecular weight is 268 g/mol. The van der Waals surface area contributed by atoms with E-state index in [0.717, 1.165) is 24.5 Å². The zero-order valence-electron chi connectivity index (χ0n) is 9.35. The number of nitrogens with one attached hydrogen (secondary N) is 1. The van der Waals surface area contributed by atoms with Crippen molar-refractivity contribution in [2.75, 3.05) is 5.32 Å². The monoisotopic (exact) mass is 268 g/mol. The first kappa shape index (κ1) is 12.9. The maximum Gasteiger partial charge on any atom is 0.419 e. The molecule has 8 heteroatoms. The van der Waals surface area contributed by atoms with Crippen LogP contribution in [0.1, 0.15) is 16.1 Å². The van der Waals surface area contributed by atoms with Crippen molar-refractivity contribution in [1.29, 1.82) is 0 Å². The molecule has 0 aliphatic heterocycles. The number of carbonyl (C=O) groups is 1. The molecule has 0 aromatic carbocycles. The Kier molecular flexibility index (Phi) is 3.41. The minimum absolute atomic E-state index is 0.0960. The Bertz CT molecular complexity index is 586. The Morgan fingerprint density at radius 2 is 1.95 bits per heavy atom. The van der Waals surface area contributed by atoms with Crippen LogP contribution in [0.25, 0.3) is 0 Å². The topological polar surface area (TPSA) is 67.8 Å². The van der Waals surface area contributed by atoms with Crippen molar-refractivity contribution in [2.24, 2.45) is 0 Å². The summed E-state index contributed by atoms with van der Waals surface area (Å²) in [6, 6.07) is 1.97. The molecule has 0 fully saturated rings. The Labute approximate surface area is 105 Å². The van der Waals surface area contributed by atoms with Crippen molar-refractivity contribution in [2.45, 2.75) is 6.18 Å². The number of amides is 1. The van der Waals surface area contributed by atoms with Gasteiger partial charge in [0.25, 0.3) is 5.91 Å². The Morgan fingerprint density at radius 3 is 2.58 bits per heavy atom. The predicted molar refractivity (Wildman–Crippen MR) is 59.2 cm³/mol. The lowest BCUT2D eigenvalue weighted by molar-refractivity contribution is -0.137. The number of carbonyl (C=O) groups excluding carboxylic acids is 1. The molecule has 2 heterocycles. The minimum Gasteiger partial charge on any atom is -0.305 e. The standard InChI is InChI=1S/C11H7F3N4O/c12-11(13,14)7-2-1-3-17-9(7)18-10(19)8-6-15-4-5-16-8/h1-6H,(H,17,18,19). The second-order valence-electron chi connectivity index (χ2n) is 3.44.